The predicted molar refractivity (Wildman–Crippen MR) is 77.9 cm³/mol. The molecule has 1 heterocycles. The monoisotopic (exact) mass is 340 g/mol. The van der Waals surface area contributed by atoms with E-state index in [0.717, 1.165) is 16.5 Å². The molecule has 0 unspecified atom stereocenters. The summed E-state index contributed by atoms with van der Waals surface area (Å²) in [4.78, 5) is 23.5. The Hall–Kier alpha value is -1.40. The third-order valence-corrected chi connectivity index (χ3v) is 3.70. The summed E-state index contributed by atoms with van der Waals surface area (Å²) in [6.45, 7) is 0.588. The highest BCUT2D eigenvalue weighted by molar-refractivity contribution is 9.10. The van der Waals surface area contributed by atoms with Crippen LogP contribution in [0.3, 0.4) is 0 Å². The van der Waals surface area contributed by atoms with Crippen molar-refractivity contribution < 1.29 is 14.3 Å². The molecule has 1 aliphatic heterocycles. The van der Waals surface area contributed by atoms with E-state index in [-0.39, 0.29) is 5.91 Å². The maximum absolute atomic E-state index is 12.0. The van der Waals surface area contributed by atoms with Gasteiger partial charge in [-0.25, -0.2) is 0 Å². The highest BCUT2D eigenvalue weighted by Gasteiger charge is 2.27. The molecule has 108 valence electrons. The van der Waals surface area contributed by atoms with Gasteiger partial charge in [0.1, 0.15) is 12.1 Å². The minimum absolute atomic E-state index is 0.263. The van der Waals surface area contributed by atoms with Gasteiger partial charge in [-0.05, 0) is 30.5 Å². The predicted octanol–water partition coefficient (Wildman–Crippen LogP) is 1.14. The van der Waals surface area contributed by atoms with Crippen LogP contribution in [0.2, 0.25) is 0 Å². The zero-order chi connectivity index (χ0) is 14.5. The first-order valence-corrected chi connectivity index (χ1v) is 7.31. The van der Waals surface area contributed by atoms with E-state index in [9.17, 15) is 9.59 Å². The normalized spacial score (nSPS) is 19.6. The Balaban J connectivity index is 2.00. The van der Waals surface area contributed by atoms with Gasteiger partial charge in [0.05, 0.1) is 0 Å². The zero-order valence-electron chi connectivity index (χ0n) is 11.0. The molecule has 0 bridgehead atoms. The lowest BCUT2D eigenvalue weighted by molar-refractivity contribution is -0.133. The molecule has 0 saturated carbocycles. The summed E-state index contributed by atoms with van der Waals surface area (Å²) < 4.78 is 6.21. The standard InChI is InChI=1S/C14H17BrN2O3/c15-10-4-1-3-9(7-10)8-11(13(16)18)17-14(19)12-5-2-6-20-12/h1,3-4,7,11-12H,2,5-6,8H2,(H2,16,18)(H,17,19)/t11-,12+/m1/s1. The Morgan fingerprint density at radius 1 is 1.50 bits per heavy atom. The maximum atomic E-state index is 12.0. The number of nitrogens with two attached hydrogens (primary N) is 1. The Morgan fingerprint density at radius 3 is 2.90 bits per heavy atom. The Morgan fingerprint density at radius 2 is 2.30 bits per heavy atom. The molecule has 2 atom stereocenters. The summed E-state index contributed by atoms with van der Waals surface area (Å²) in [6.07, 6.45) is 1.46. The number of halogens is 1. The van der Waals surface area contributed by atoms with Crippen LogP contribution in [0.5, 0.6) is 0 Å². The molecule has 3 N–H and O–H groups in total. The largest absolute Gasteiger partial charge is 0.368 e. The lowest BCUT2D eigenvalue weighted by atomic mass is 10.0. The maximum Gasteiger partial charge on any atom is 0.249 e. The Labute approximate surface area is 126 Å². The molecule has 0 spiro atoms. The molecule has 20 heavy (non-hydrogen) atoms. The SMILES string of the molecule is NC(=O)[C@@H](Cc1cccc(Br)c1)NC(=O)[C@@H]1CCCO1. The van der Waals surface area contributed by atoms with Gasteiger partial charge in [-0.15, -0.1) is 0 Å². The van der Waals surface area contributed by atoms with Crippen molar-refractivity contribution in [2.75, 3.05) is 6.61 Å². The van der Waals surface area contributed by atoms with Crippen molar-refractivity contribution in [2.24, 2.45) is 5.73 Å². The first-order chi connectivity index (χ1) is 9.56. The molecule has 1 fully saturated rings. The third kappa shape index (κ3) is 4.05. The highest BCUT2D eigenvalue weighted by Crippen LogP contribution is 2.15. The number of hydrogen-bond acceptors (Lipinski definition) is 3. The van der Waals surface area contributed by atoms with Gasteiger partial charge < -0.3 is 15.8 Å². The zero-order valence-corrected chi connectivity index (χ0v) is 12.6. The second-order valence-electron chi connectivity index (χ2n) is 4.80. The summed E-state index contributed by atoms with van der Waals surface area (Å²) in [5.41, 5.74) is 6.29. The van der Waals surface area contributed by atoms with Gasteiger partial charge >= 0.3 is 0 Å². The van der Waals surface area contributed by atoms with E-state index in [1.165, 1.54) is 0 Å². The summed E-state index contributed by atoms with van der Waals surface area (Å²) in [5, 5.41) is 2.67. The number of benzene rings is 1. The van der Waals surface area contributed by atoms with Crippen molar-refractivity contribution in [3.63, 3.8) is 0 Å². The minimum Gasteiger partial charge on any atom is -0.368 e. The molecule has 0 aliphatic carbocycles. The summed E-state index contributed by atoms with van der Waals surface area (Å²) in [6, 6.07) is 6.83. The van der Waals surface area contributed by atoms with E-state index < -0.39 is 18.1 Å². The molecule has 2 amide bonds. The van der Waals surface area contributed by atoms with Gasteiger partial charge in [-0.3, -0.25) is 9.59 Å². The van der Waals surface area contributed by atoms with Crippen LogP contribution in [-0.4, -0.2) is 30.6 Å². The first kappa shape index (κ1) is 15.0. The van der Waals surface area contributed by atoms with Gasteiger partial charge in [0, 0.05) is 17.5 Å². The van der Waals surface area contributed by atoms with E-state index >= 15 is 0 Å². The smallest absolute Gasteiger partial charge is 0.249 e. The van der Waals surface area contributed by atoms with Crippen LogP contribution in [0.1, 0.15) is 18.4 Å². The van der Waals surface area contributed by atoms with Crippen molar-refractivity contribution in [1.29, 1.82) is 0 Å². The molecular formula is C14H17BrN2O3. The van der Waals surface area contributed by atoms with E-state index in [1.807, 2.05) is 24.3 Å². The molecule has 5 nitrogen and oxygen atoms in total. The fourth-order valence-electron chi connectivity index (χ4n) is 2.17. The molecule has 6 heteroatoms. The molecule has 2 rings (SSSR count). The van der Waals surface area contributed by atoms with E-state index in [4.69, 9.17) is 10.5 Å². The fourth-order valence-corrected chi connectivity index (χ4v) is 2.62. The fraction of sp³-hybridized carbons (Fsp3) is 0.429. The number of nitrogens with one attached hydrogen (secondary N) is 1. The lowest BCUT2D eigenvalue weighted by Gasteiger charge is -2.18. The van der Waals surface area contributed by atoms with Crippen molar-refractivity contribution in [3.05, 3.63) is 34.3 Å². The molecule has 0 radical (unpaired) electrons. The Kier molecular flexibility index (Phi) is 5.14. The number of hydrogen-bond donors (Lipinski definition) is 2. The van der Waals surface area contributed by atoms with E-state index in [0.29, 0.717) is 19.4 Å². The molecule has 1 saturated heterocycles. The van der Waals surface area contributed by atoms with Gasteiger partial charge in [0.15, 0.2) is 0 Å². The lowest BCUT2D eigenvalue weighted by Crippen LogP contribution is -2.49. The van der Waals surface area contributed by atoms with Crippen LogP contribution < -0.4 is 11.1 Å². The summed E-state index contributed by atoms with van der Waals surface area (Å²) in [7, 11) is 0. The van der Waals surface area contributed by atoms with E-state index in [1.54, 1.807) is 0 Å². The summed E-state index contributed by atoms with van der Waals surface area (Å²) in [5.74, 6) is -0.808. The second kappa shape index (κ2) is 6.85. The number of carbonyl (C=O) groups is 2. The number of carbonyl (C=O) groups excluding carboxylic acids is 2. The second-order valence-corrected chi connectivity index (χ2v) is 5.71. The third-order valence-electron chi connectivity index (χ3n) is 3.21. The number of rotatable bonds is 5. The van der Waals surface area contributed by atoms with Crippen molar-refractivity contribution >= 4 is 27.7 Å². The molecule has 1 aliphatic rings. The van der Waals surface area contributed by atoms with Gasteiger partial charge in [0.2, 0.25) is 11.8 Å². The average molecular weight is 341 g/mol. The van der Waals surface area contributed by atoms with Gasteiger partial charge in [0.25, 0.3) is 0 Å². The first-order valence-electron chi connectivity index (χ1n) is 6.52. The highest BCUT2D eigenvalue weighted by atomic mass is 79.9. The van der Waals surface area contributed by atoms with Crippen molar-refractivity contribution in [3.8, 4) is 0 Å². The minimum atomic E-state index is -0.721. The molecule has 1 aromatic rings. The van der Waals surface area contributed by atoms with Crippen LogP contribution in [-0.2, 0) is 20.7 Å². The quantitative estimate of drug-likeness (QED) is 0.843. The van der Waals surface area contributed by atoms with Gasteiger partial charge in [-0.2, -0.15) is 0 Å². The molecular weight excluding hydrogens is 324 g/mol. The van der Waals surface area contributed by atoms with Crippen molar-refractivity contribution in [1.82, 2.24) is 5.32 Å². The number of ether oxygens (including phenoxy) is 1. The topological polar surface area (TPSA) is 81.4 Å². The van der Waals surface area contributed by atoms with Crippen LogP contribution in [0.4, 0.5) is 0 Å². The molecule has 1 aromatic carbocycles. The van der Waals surface area contributed by atoms with E-state index in [2.05, 4.69) is 21.2 Å². The van der Waals surface area contributed by atoms with Gasteiger partial charge in [-0.1, -0.05) is 28.1 Å². The number of amides is 2. The summed E-state index contributed by atoms with van der Waals surface area (Å²) >= 11 is 3.37. The number of primary amides is 1. The Bertz CT molecular complexity index is 501. The average Bonchev–Trinajstić information content (AvgIpc) is 2.91. The van der Waals surface area contributed by atoms with Crippen LogP contribution in [0, 0.1) is 0 Å². The van der Waals surface area contributed by atoms with Crippen LogP contribution in [0.25, 0.3) is 0 Å². The van der Waals surface area contributed by atoms with Crippen LogP contribution in [0.15, 0.2) is 28.7 Å². The molecule has 0 aromatic heterocycles. The van der Waals surface area contributed by atoms with Crippen LogP contribution >= 0.6 is 15.9 Å². The van der Waals surface area contributed by atoms with Crippen molar-refractivity contribution in [2.45, 2.75) is 31.4 Å².